The Morgan fingerprint density at radius 1 is 1.33 bits per heavy atom. The minimum absolute atomic E-state index is 0.140. The summed E-state index contributed by atoms with van der Waals surface area (Å²) in [5.74, 6) is 1.25. The number of pyridine rings is 1. The van der Waals surface area contributed by atoms with Gasteiger partial charge in [-0.15, -0.1) is 0 Å². The molecule has 1 aliphatic heterocycles. The van der Waals surface area contributed by atoms with Crippen molar-refractivity contribution in [2.75, 3.05) is 38.6 Å². The predicted molar refractivity (Wildman–Crippen MR) is 87.9 cm³/mol. The third-order valence-corrected chi connectivity index (χ3v) is 4.08. The number of carbonyl (C=O) groups excluding carboxylic acids is 1. The van der Waals surface area contributed by atoms with Crippen LogP contribution in [0.2, 0.25) is 0 Å². The van der Waals surface area contributed by atoms with Gasteiger partial charge in [0.1, 0.15) is 11.4 Å². The van der Waals surface area contributed by atoms with E-state index >= 15 is 0 Å². The Balaban J connectivity index is 1.52. The number of aromatic nitrogens is 2. The molecule has 1 fully saturated rings. The monoisotopic (exact) mass is 331 g/mol. The van der Waals surface area contributed by atoms with Crippen LogP contribution < -0.4 is 10.1 Å². The van der Waals surface area contributed by atoms with E-state index in [9.17, 15) is 4.79 Å². The van der Waals surface area contributed by atoms with Crippen molar-refractivity contribution in [1.82, 2.24) is 19.8 Å². The van der Waals surface area contributed by atoms with Crippen LogP contribution in [0.3, 0.4) is 0 Å². The molecule has 0 unspecified atom stereocenters. The smallest absolute Gasteiger partial charge is 0.322 e. The van der Waals surface area contributed by atoms with Gasteiger partial charge in [0.15, 0.2) is 6.39 Å². The normalized spacial score (nSPS) is 15.3. The molecular weight excluding hydrogens is 310 g/mol. The van der Waals surface area contributed by atoms with Crippen LogP contribution in [0, 0.1) is 6.92 Å². The van der Waals surface area contributed by atoms with Gasteiger partial charge in [-0.25, -0.2) is 14.8 Å². The molecule has 0 bridgehead atoms. The first-order valence-corrected chi connectivity index (χ1v) is 7.83. The summed E-state index contributed by atoms with van der Waals surface area (Å²) in [6.45, 7) is 5.56. The molecule has 0 aliphatic carbocycles. The van der Waals surface area contributed by atoms with Gasteiger partial charge in [-0.1, -0.05) is 0 Å². The lowest BCUT2D eigenvalue weighted by Crippen LogP contribution is -2.49. The molecule has 2 aromatic heterocycles. The molecule has 3 heterocycles. The predicted octanol–water partition coefficient (Wildman–Crippen LogP) is 1.74. The summed E-state index contributed by atoms with van der Waals surface area (Å²) < 4.78 is 10.4. The topological polar surface area (TPSA) is 83.7 Å². The SMILES string of the molecule is COc1ncccc1NC(=O)N1CCN(Cc2ncoc2C)CC1. The molecule has 8 heteroatoms. The van der Waals surface area contributed by atoms with Crippen LogP contribution in [-0.2, 0) is 6.54 Å². The molecule has 2 aromatic rings. The zero-order valence-corrected chi connectivity index (χ0v) is 13.9. The van der Waals surface area contributed by atoms with Gasteiger partial charge in [0.2, 0.25) is 5.88 Å². The van der Waals surface area contributed by atoms with Crippen LogP contribution in [0.4, 0.5) is 10.5 Å². The van der Waals surface area contributed by atoms with Crippen LogP contribution in [0.1, 0.15) is 11.5 Å². The van der Waals surface area contributed by atoms with Crippen molar-refractivity contribution in [1.29, 1.82) is 0 Å². The van der Waals surface area contributed by atoms with Crippen molar-refractivity contribution in [3.05, 3.63) is 36.2 Å². The molecule has 0 spiro atoms. The van der Waals surface area contributed by atoms with Crippen LogP contribution >= 0.6 is 0 Å². The largest absolute Gasteiger partial charge is 0.480 e. The third kappa shape index (κ3) is 3.65. The number of anilines is 1. The Hall–Kier alpha value is -2.61. The quantitative estimate of drug-likeness (QED) is 0.919. The fourth-order valence-corrected chi connectivity index (χ4v) is 2.64. The Morgan fingerprint density at radius 3 is 2.79 bits per heavy atom. The molecule has 1 aliphatic rings. The number of hydrogen-bond donors (Lipinski definition) is 1. The molecule has 8 nitrogen and oxygen atoms in total. The highest BCUT2D eigenvalue weighted by Crippen LogP contribution is 2.20. The van der Waals surface area contributed by atoms with E-state index in [1.807, 2.05) is 6.92 Å². The number of amides is 2. The second-order valence-electron chi connectivity index (χ2n) is 5.61. The Bertz CT molecular complexity index is 695. The molecule has 128 valence electrons. The number of ether oxygens (including phenoxy) is 1. The number of piperazine rings is 1. The Kier molecular flexibility index (Phi) is 4.95. The van der Waals surface area contributed by atoms with E-state index < -0.39 is 0 Å². The van der Waals surface area contributed by atoms with E-state index in [0.29, 0.717) is 24.7 Å². The summed E-state index contributed by atoms with van der Waals surface area (Å²) in [5, 5.41) is 2.85. The van der Waals surface area contributed by atoms with Gasteiger partial charge in [0.25, 0.3) is 0 Å². The number of methoxy groups -OCH3 is 1. The minimum Gasteiger partial charge on any atom is -0.480 e. The lowest BCUT2D eigenvalue weighted by molar-refractivity contribution is 0.141. The van der Waals surface area contributed by atoms with Gasteiger partial charge in [-0.2, -0.15) is 0 Å². The van der Waals surface area contributed by atoms with Crippen molar-refractivity contribution >= 4 is 11.7 Å². The highest BCUT2D eigenvalue weighted by molar-refractivity contribution is 5.90. The summed E-state index contributed by atoms with van der Waals surface area (Å²) in [6.07, 6.45) is 3.09. The fraction of sp³-hybridized carbons (Fsp3) is 0.438. The van der Waals surface area contributed by atoms with Crippen molar-refractivity contribution in [2.24, 2.45) is 0 Å². The molecule has 1 N–H and O–H groups in total. The minimum atomic E-state index is -0.140. The van der Waals surface area contributed by atoms with Gasteiger partial charge < -0.3 is 19.4 Å². The second kappa shape index (κ2) is 7.31. The summed E-state index contributed by atoms with van der Waals surface area (Å²) in [4.78, 5) is 24.7. The zero-order valence-electron chi connectivity index (χ0n) is 13.9. The van der Waals surface area contributed by atoms with E-state index in [-0.39, 0.29) is 6.03 Å². The van der Waals surface area contributed by atoms with Crippen LogP contribution in [0.5, 0.6) is 5.88 Å². The molecule has 24 heavy (non-hydrogen) atoms. The zero-order chi connectivity index (χ0) is 16.9. The van der Waals surface area contributed by atoms with E-state index in [1.165, 1.54) is 13.5 Å². The van der Waals surface area contributed by atoms with Gasteiger partial charge in [-0.05, 0) is 19.1 Å². The summed E-state index contributed by atoms with van der Waals surface area (Å²) in [6, 6.07) is 3.39. The van der Waals surface area contributed by atoms with Gasteiger partial charge >= 0.3 is 6.03 Å². The molecule has 0 radical (unpaired) electrons. The molecule has 1 saturated heterocycles. The number of urea groups is 1. The summed E-state index contributed by atoms with van der Waals surface area (Å²) >= 11 is 0. The number of oxazole rings is 1. The van der Waals surface area contributed by atoms with Gasteiger partial charge in [0.05, 0.1) is 12.8 Å². The molecule has 0 aromatic carbocycles. The number of nitrogens with zero attached hydrogens (tertiary/aromatic N) is 4. The van der Waals surface area contributed by atoms with Gasteiger partial charge in [0, 0.05) is 38.9 Å². The molecule has 0 saturated carbocycles. The molecular formula is C16H21N5O3. The maximum atomic E-state index is 12.4. The standard InChI is InChI=1S/C16H21N5O3/c1-12-14(18-11-24-12)10-20-6-8-21(9-7-20)16(22)19-13-4-3-5-17-15(13)23-2/h3-5,11H,6-10H2,1-2H3,(H,19,22). The van der Waals surface area contributed by atoms with Crippen LogP contribution in [0.15, 0.2) is 29.1 Å². The van der Waals surface area contributed by atoms with Crippen LogP contribution in [0.25, 0.3) is 0 Å². The fourth-order valence-electron chi connectivity index (χ4n) is 2.64. The lowest BCUT2D eigenvalue weighted by atomic mass is 10.2. The van der Waals surface area contributed by atoms with Crippen molar-refractivity contribution in [3.63, 3.8) is 0 Å². The number of nitrogens with one attached hydrogen (secondary N) is 1. The molecule has 3 rings (SSSR count). The van der Waals surface area contributed by atoms with E-state index in [2.05, 4.69) is 20.2 Å². The molecule has 2 amide bonds. The average Bonchev–Trinajstić information content (AvgIpc) is 3.01. The Morgan fingerprint density at radius 2 is 2.12 bits per heavy atom. The second-order valence-corrected chi connectivity index (χ2v) is 5.61. The number of carbonyl (C=O) groups is 1. The van der Waals surface area contributed by atoms with Crippen molar-refractivity contribution < 1.29 is 13.9 Å². The summed E-state index contributed by atoms with van der Waals surface area (Å²) in [7, 11) is 1.53. The average molecular weight is 331 g/mol. The lowest BCUT2D eigenvalue weighted by Gasteiger charge is -2.34. The number of hydrogen-bond acceptors (Lipinski definition) is 6. The first kappa shape index (κ1) is 16.3. The van der Waals surface area contributed by atoms with E-state index in [0.717, 1.165) is 31.1 Å². The third-order valence-electron chi connectivity index (χ3n) is 4.08. The maximum Gasteiger partial charge on any atom is 0.322 e. The molecule has 0 atom stereocenters. The van der Waals surface area contributed by atoms with E-state index in [4.69, 9.17) is 9.15 Å². The van der Waals surface area contributed by atoms with Gasteiger partial charge in [-0.3, -0.25) is 4.90 Å². The summed E-state index contributed by atoms with van der Waals surface area (Å²) in [5.41, 5.74) is 1.53. The van der Waals surface area contributed by atoms with Crippen molar-refractivity contribution in [2.45, 2.75) is 13.5 Å². The van der Waals surface area contributed by atoms with Crippen LogP contribution in [-0.4, -0.2) is 59.1 Å². The first-order valence-electron chi connectivity index (χ1n) is 7.83. The van der Waals surface area contributed by atoms with Crippen molar-refractivity contribution in [3.8, 4) is 5.88 Å². The van der Waals surface area contributed by atoms with E-state index in [1.54, 1.807) is 23.2 Å². The first-order chi connectivity index (χ1) is 11.7. The highest BCUT2D eigenvalue weighted by atomic mass is 16.5. The Labute approximate surface area is 140 Å². The maximum absolute atomic E-state index is 12.4. The highest BCUT2D eigenvalue weighted by Gasteiger charge is 2.23. The number of rotatable bonds is 4. The number of aryl methyl sites for hydroxylation is 1.